The lowest BCUT2D eigenvalue weighted by Gasteiger charge is -2.34. The van der Waals surface area contributed by atoms with E-state index in [0.717, 1.165) is 0 Å². The molecule has 0 atom stereocenters. The van der Waals surface area contributed by atoms with Crippen LogP contribution in [0.15, 0.2) is 48.3 Å². The molecule has 2 amide bonds. The summed E-state index contributed by atoms with van der Waals surface area (Å²) in [5, 5.41) is 11.1. The van der Waals surface area contributed by atoms with Crippen LogP contribution in [0.4, 0.5) is 5.69 Å². The van der Waals surface area contributed by atoms with Crippen molar-refractivity contribution >= 4 is 35.7 Å². The van der Waals surface area contributed by atoms with Gasteiger partial charge in [-0.05, 0) is 11.6 Å². The molecule has 9 nitrogen and oxygen atoms in total. The van der Waals surface area contributed by atoms with Crippen LogP contribution in [0.2, 0.25) is 0 Å². The van der Waals surface area contributed by atoms with E-state index in [1.165, 1.54) is 30.7 Å². The molecule has 10 heteroatoms. The van der Waals surface area contributed by atoms with Crippen molar-refractivity contribution in [3.63, 3.8) is 0 Å². The maximum Gasteiger partial charge on any atom is 0.283 e. The standard InChI is InChI=1S/C18H17N5O4S/c1-12(13-2-3-16(28)15(10-13)23(26)27)17(24)21-6-8-22(9-7-21)18(25)14-11-19-4-5-20-14/h2-5,10-11,28H,1,6-9H2. The molecule has 1 aliphatic heterocycles. The Balaban J connectivity index is 1.65. The van der Waals surface area contributed by atoms with E-state index in [4.69, 9.17) is 0 Å². The molecule has 1 aromatic heterocycles. The van der Waals surface area contributed by atoms with E-state index in [9.17, 15) is 19.7 Å². The van der Waals surface area contributed by atoms with Crippen LogP contribution in [0, 0.1) is 10.1 Å². The number of carbonyl (C=O) groups excluding carboxylic acids is 2. The molecule has 1 aromatic carbocycles. The summed E-state index contributed by atoms with van der Waals surface area (Å²) in [7, 11) is 0. The SMILES string of the molecule is C=C(C(=O)N1CCN(C(=O)c2cnccn2)CC1)c1ccc(S)c([N+](=O)[O-])c1. The van der Waals surface area contributed by atoms with E-state index in [0.29, 0.717) is 31.7 Å². The first-order chi connectivity index (χ1) is 13.4. The molecule has 0 unspecified atom stereocenters. The molecule has 0 N–H and O–H groups in total. The van der Waals surface area contributed by atoms with E-state index in [1.807, 2.05) is 0 Å². The molecule has 1 fully saturated rings. The normalized spacial score (nSPS) is 13.9. The summed E-state index contributed by atoms with van der Waals surface area (Å²) in [6.07, 6.45) is 4.34. The van der Waals surface area contributed by atoms with E-state index >= 15 is 0 Å². The van der Waals surface area contributed by atoms with Gasteiger partial charge in [0.15, 0.2) is 0 Å². The molecule has 1 aliphatic rings. The number of piperazine rings is 1. The Hall–Kier alpha value is -3.27. The summed E-state index contributed by atoms with van der Waals surface area (Å²) in [6.45, 7) is 5.16. The highest BCUT2D eigenvalue weighted by Crippen LogP contribution is 2.27. The number of rotatable bonds is 4. The maximum atomic E-state index is 12.7. The van der Waals surface area contributed by atoms with Crippen LogP contribution >= 0.6 is 12.6 Å². The number of benzene rings is 1. The molecule has 1 saturated heterocycles. The fraction of sp³-hybridized carbons (Fsp3) is 0.222. The molecule has 0 spiro atoms. The van der Waals surface area contributed by atoms with Gasteiger partial charge in [0, 0.05) is 50.2 Å². The number of hydrogen-bond acceptors (Lipinski definition) is 7. The zero-order valence-electron chi connectivity index (χ0n) is 14.8. The third-order valence-corrected chi connectivity index (χ3v) is 4.79. The average molecular weight is 399 g/mol. The topological polar surface area (TPSA) is 110 Å². The summed E-state index contributed by atoms with van der Waals surface area (Å²) in [4.78, 5) is 46.9. The van der Waals surface area contributed by atoms with Crippen LogP contribution < -0.4 is 0 Å². The summed E-state index contributed by atoms with van der Waals surface area (Å²) in [5.74, 6) is -0.563. The van der Waals surface area contributed by atoms with Crippen molar-refractivity contribution < 1.29 is 14.5 Å². The molecule has 0 bridgehead atoms. The Kier molecular flexibility index (Phi) is 5.69. The minimum atomic E-state index is -0.555. The third kappa shape index (κ3) is 4.01. The lowest BCUT2D eigenvalue weighted by molar-refractivity contribution is -0.387. The minimum Gasteiger partial charge on any atom is -0.335 e. The predicted octanol–water partition coefficient (Wildman–Crippen LogP) is 1.67. The maximum absolute atomic E-state index is 12.7. The van der Waals surface area contributed by atoms with Gasteiger partial charge in [0.25, 0.3) is 17.5 Å². The second-order valence-electron chi connectivity index (χ2n) is 6.11. The van der Waals surface area contributed by atoms with Gasteiger partial charge < -0.3 is 9.80 Å². The molecule has 144 valence electrons. The van der Waals surface area contributed by atoms with Gasteiger partial charge in [0.1, 0.15) is 5.69 Å². The quantitative estimate of drug-likeness (QED) is 0.362. The molecule has 0 saturated carbocycles. The highest BCUT2D eigenvalue weighted by Gasteiger charge is 2.27. The van der Waals surface area contributed by atoms with E-state index in [2.05, 4.69) is 29.2 Å². The van der Waals surface area contributed by atoms with E-state index in [-0.39, 0.29) is 33.7 Å². The minimum absolute atomic E-state index is 0.158. The van der Waals surface area contributed by atoms with Crippen LogP contribution in [-0.4, -0.2) is 62.7 Å². The molecule has 2 aromatic rings. The van der Waals surface area contributed by atoms with E-state index in [1.54, 1.807) is 15.9 Å². The number of nitrogens with zero attached hydrogens (tertiary/aromatic N) is 5. The lowest BCUT2D eigenvalue weighted by atomic mass is 10.1. The van der Waals surface area contributed by atoms with Crippen molar-refractivity contribution in [2.45, 2.75) is 4.90 Å². The van der Waals surface area contributed by atoms with Crippen LogP contribution in [0.25, 0.3) is 5.57 Å². The first-order valence-corrected chi connectivity index (χ1v) is 8.84. The van der Waals surface area contributed by atoms with Crippen molar-refractivity contribution in [1.29, 1.82) is 0 Å². The Morgan fingerprint density at radius 3 is 2.43 bits per heavy atom. The number of nitro groups is 1. The molecule has 28 heavy (non-hydrogen) atoms. The molecule has 2 heterocycles. The van der Waals surface area contributed by atoms with Crippen molar-refractivity contribution in [3.8, 4) is 0 Å². The van der Waals surface area contributed by atoms with Gasteiger partial charge in [0.05, 0.1) is 16.0 Å². The Morgan fingerprint density at radius 2 is 1.82 bits per heavy atom. The van der Waals surface area contributed by atoms with Gasteiger partial charge in [-0.1, -0.05) is 12.6 Å². The fourth-order valence-corrected chi connectivity index (χ4v) is 3.08. The van der Waals surface area contributed by atoms with Crippen molar-refractivity contribution in [1.82, 2.24) is 19.8 Å². The molecule has 0 aliphatic carbocycles. The van der Waals surface area contributed by atoms with Gasteiger partial charge in [-0.3, -0.25) is 24.7 Å². The smallest absolute Gasteiger partial charge is 0.283 e. The molecule has 0 radical (unpaired) electrons. The zero-order valence-corrected chi connectivity index (χ0v) is 15.7. The average Bonchev–Trinajstić information content (AvgIpc) is 2.73. The molecular formula is C18H17N5O4S. The highest BCUT2D eigenvalue weighted by atomic mass is 32.1. The summed E-state index contributed by atoms with van der Waals surface area (Å²) < 4.78 is 0. The number of thiol groups is 1. The van der Waals surface area contributed by atoms with Gasteiger partial charge in [0.2, 0.25) is 0 Å². The van der Waals surface area contributed by atoms with Crippen LogP contribution in [0.5, 0.6) is 0 Å². The van der Waals surface area contributed by atoms with Crippen LogP contribution in [0.1, 0.15) is 16.1 Å². The Morgan fingerprint density at radius 1 is 1.14 bits per heavy atom. The molecule has 3 rings (SSSR count). The Labute approximate surface area is 166 Å². The van der Waals surface area contributed by atoms with Crippen molar-refractivity contribution in [3.05, 3.63) is 64.7 Å². The largest absolute Gasteiger partial charge is 0.335 e. The van der Waals surface area contributed by atoms with Crippen molar-refractivity contribution in [2.75, 3.05) is 26.2 Å². The number of aromatic nitrogens is 2. The summed E-state index contributed by atoms with van der Waals surface area (Å²) >= 11 is 4.05. The second kappa shape index (κ2) is 8.17. The van der Waals surface area contributed by atoms with Gasteiger partial charge >= 0.3 is 0 Å². The van der Waals surface area contributed by atoms with Crippen molar-refractivity contribution in [2.24, 2.45) is 0 Å². The van der Waals surface area contributed by atoms with Crippen LogP contribution in [-0.2, 0) is 4.79 Å². The number of nitro benzene ring substituents is 1. The summed E-state index contributed by atoms with van der Waals surface area (Å²) in [6, 6.07) is 4.33. The monoisotopic (exact) mass is 399 g/mol. The highest BCUT2D eigenvalue weighted by molar-refractivity contribution is 7.80. The number of hydrogen-bond donors (Lipinski definition) is 1. The van der Waals surface area contributed by atoms with Gasteiger partial charge in [-0.25, -0.2) is 4.98 Å². The number of amides is 2. The second-order valence-corrected chi connectivity index (χ2v) is 6.60. The van der Waals surface area contributed by atoms with Gasteiger partial charge in [-0.2, -0.15) is 0 Å². The first-order valence-electron chi connectivity index (χ1n) is 8.39. The zero-order chi connectivity index (χ0) is 20.3. The Bertz CT molecular complexity index is 942. The summed E-state index contributed by atoms with van der Waals surface area (Å²) in [5.41, 5.74) is 0.595. The predicted molar refractivity (Wildman–Crippen MR) is 104 cm³/mol. The van der Waals surface area contributed by atoms with Crippen LogP contribution in [0.3, 0.4) is 0 Å². The van der Waals surface area contributed by atoms with E-state index < -0.39 is 4.92 Å². The first kappa shape index (κ1) is 19.5. The third-order valence-electron chi connectivity index (χ3n) is 4.42. The van der Waals surface area contributed by atoms with Gasteiger partial charge in [-0.15, -0.1) is 12.6 Å². The molecular weight excluding hydrogens is 382 g/mol. The number of carbonyl (C=O) groups is 2. The lowest BCUT2D eigenvalue weighted by Crippen LogP contribution is -2.50. The fourth-order valence-electron chi connectivity index (χ4n) is 2.86.